The van der Waals surface area contributed by atoms with Crippen molar-refractivity contribution in [2.24, 2.45) is 0 Å². The highest BCUT2D eigenvalue weighted by atomic mass is 14.7. The zero-order valence-electron chi connectivity index (χ0n) is 29.8. The van der Waals surface area contributed by atoms with Gasteiger partial charge in [-0.3, -0.25) is 0 Å². The first kappa shape index (κ1) is 29.7. The first-order valence-electron chi connectivity index (χ1n) is 18.9. The lowest BCUT2D eigenvalue weighted by molar-refractivity contribution is 0.795. The van der Waals surface area contributed by atoms with E-state index in [-0.39, 0.29) is 0 Å². The lowest BCUT2D eigenvalue weighted by Crippen LogP contribution is -2.25. The summed E-state index contributed by atoms with van der Waals surface area (Å²) in [4.78, 5) is 5.49. The summed E-state index contributed by atoms with van der Waals surface area (Å²) in [6.45, 7) is 2.25. The maximum absolute atomic E-state index is 5.49. The monoisotopic (exact) mass is 683 g/mol. The number of hydrogen-bond donors (Lipinski definition) is 0. The maximum atomic E-state index is 5.49. The van der Waals surface area contributed by atoms with Crippen LogP contribution in [0.3, 0.4) is 0 Å². The van der Waals surface area contributed by atoms with Gasteiger partial charge in [0.25, 0.3) is 0 Å². The van der Waals surface area contributed by atoms with Gasteiger partial charge in [0.2, 0.25) is 0 Å². The molecule has 0 saturated heterocycles. The summed E-state index contributed by atoms with van der Waals surface area (Å²) in [6, 6.07) is 67.6. The van der Waals surface area contributed by atoms with E-state index < -0.39 is 5.41 Å². The van der Waals surface area contributed by atoms with Gasteiger partial charge in [-0.25, -0.2) is 4.98 Å². The first-order valence-corrected chi connectivity index (χ1v) is 18.9. The van der Waals surface area contributed by atoms with E-state index in [1.54, 1.807) is 0 Å². The Kier molecular flexibility index (Phi) is 5.97. The number of fused-ring (bicyclic) bond motifs is 15. The van der Waals surface area contributed by atoms with E-state index in [0.717, 1.165) is 16.8 Å². The van der Waals surface area contributed by atoms with E-state index in [1.165, 1.54) is 98.9 Å². The van der Waals surface area contributed by atoms with Gasteiger partial charge in [0, 0.05) is 16.3 Å². The fourth-order valence-electron chi connectivity index (χ4n) is 10.2. The Hall–Kier alpha value is -6.83. The van der Waals surface area contributed by atoms with E-state index in [1.807, 2.05) is 0 Å². The van der Waals surface area contributed by atoms with Crippen LogP contribution in [0.2, 0.25) is 0 Å². The molecule has 0 radical (unpaired) electrons. The average Bonchev–Trinajstić information content (AvgIpc) is 3.70. The molecule has 0 saturated carbocycles. The van der Waals surface area contributed by atoms with Crippen molar-refractivity contribution in [3.05, 3.63) is 210 Å². The standard InChI is InChI=1S/C53H33N/c1-32-35-17-2-4-23-41(35)51(42-24-5-3-18-36(32)42)33-15-14-16-34(29-33)52-45-30-44-39-21-8-12-27-48(39)53(49(44)31-43(45)40-22-9-13-28-50(40)54-52)46-25-10-6-19-37(46)38-20-7-11-26-47(38)53/h2-31H,1H3. The summed E-state index contributed by atoms with van der Waals surface area (Å²) in [5, 5.41) is 8.73. The minimum atomic E-state index is -0.398. The SMILES string of the molecule is Cc1c2ccccc2c(-c2cccc(-c3nc4ccccc4c4cc5c(cc34)-c3ccccc3C53c4ccccc4-c4ccccc43)c2)c2ccccc12. The molecule has 250 valence electrons. The van der Waals surface area contributed by atoms with Crippen molar-refractivity contribution >= 4 is 43.2 Å². The second-order valence-corrected chi connectivity index (χ2v) is 15.0. The second kappa shape index (κ2) is 10.9. The molecule has 2 aliphatic carbocycles. The molecule has 0 N–H and O–H groups in total. The van der Waals surface area contributed by atoms with E-state index in [9.17, 15) is 0 Å². The van der Waals surface area contributed by atoms with E-state index in [0.29, 0.717) is 0 Å². The summed E-state index contributed by atoms with van der Waals surface area (Å²) in [6.07, 6.45) is 0. The molecule has 9 aromatic carbocycles. The lowest BCUT2D eigenvalue weighted by Gasteiger charge is -2.30. The number of rotatable bonds is 2. The fourth-order valence-corrected chi connectivity index (χ4v) is 10.2. The van der Waals surface area contributed by atoms with E-state index in [4.69, 9.17) is 4.98 Å². The summed E-state index contributed by atoms with van der Waals surface area (Å²) < 4.78 is 0. The van der Waals surface area contributed by atoms with Crippen molar-refractivity contribution in [1.29, 1.82) is 0 Å². The van der Waals surface area contributed by atoms with Crippen molar-refractivity contribution in [1.82, 2.24) is 4.98 Å². The summed E-state index contributed by atoms with van der Waals surface area (Å²) in [5.41, 5.74) is 17.2. The van der Waals surface area contributed by atoms with Crippen LogP contribution in [0, 0.1) is 6.92 Å². The molecule has 0 aliphatic heterocycles. The highest BCUT2D eigenvalue weighted by molar-refractivity contribution is 6.17. The summed E-state index contributed by atoms with van der Waals surface area (Å²) in [7, 11) is 0. The molecule has 1 spiro atoms. The molecule has 0 fully saturated rings. The van der Waals surface area contributed by atoms with Crippen LogP contribution in [0.5, 0.6) is 0 Å². The highest BCUT2D eigenvalue weighted by Crippen LogP contribution is 2.63. The van der Waals surface area contributed by atoms with Crippen LogP contribution in [-0.2, 0) is 5.41 Å². The Balaban J connectivity index is 1.17. The quantitative estimate of drug-likeness (QED) is 0.131. The van der Waals surface area contributed by atoms with E-state index >= 15 is 0 Å². The summed E-state index contributed by atoms with van der Waals surface area (Å²) in [5.74, 6) is 0. The van der Waals surface area contributed by atoms with Gasteiger partial charge in [-0.2, -0.15) is 0 Å². The molecule has 0 amide bonds. The largest absolute Gasteiger partial charge is 0.247 e. The third-order valence-corrected chi connectivity index (χ3v) is 12.4. The first-order chi connectivity index (χ1) is 26.7. The van der Waals surface area contributed by atoms with Crippen LogP contribution in [0.1, 0.15) is 27.8 Å². The molecule has 12 rings (SSSR count). The zero-order chi connectivity index (χ0) is 35.5. The normalized spacial score (nSPS) is 13.4. The Morgan fingerprint density at radius 3 is 1.48 bits per heavy atom. The van der Waals surface area contributed by atoms with Gasteiger partial charge in [0.1, 0.15) is 0 Å². The minimum Gasteiger partial charge on any atom is -0.247 e. The third-order valence-electron chi connectivity index (χ3n) is 12.4. The molecular formula is C53H33N. The Bertz CT molecular complexity index is 3140. The van der Waals surface area contributed by atoms with Gasteiger partial charge in [-0.15, -0.1) is 0 Å². The Morgan fingerprint density at radius 1 is 0.352 bits per heavy atom. The lowest BCUT2D eigenvalue weighted by atomic mass is 9.70. The number of aryl methyl sites for hydroxylation is 1. The van der Waals surface area contributed by atoms with Crippen LogP contribution in [0.15, 0.2) is 182 Å². The average molecular weight is 684 g/mol. The number of benzene rings is 9. The predicted molar refractivity (Wildman–Crippen MR) is 226 cm³/mol. The maximum Gasteiger partial charge on any atom is 0.0788 e. The molecule has 1 heteroatoms. The molecule has 1 heterocycles. The molecular weight excluding hydrogens is 651 g/mol. The van der Waals surface area contributed by atoms with Crippen LogP contribution in [0.25, 0.3) is 87.9 Å². The molecule has 54 heavy (non-hydrogen) atoms. The number of hydrogen-bond acceptors (Lipinski definition) is 1. The topological polar surface area (TPSA) is 12.9 Å². The van der Waals surface area contributed by atoms with Crippen molar-refractivity contribution in [2.75, 3.05) is 0 Å². The van der Waals surface area contributed by atoms with Gasteiger partial charge in [0.05, 0.1) is 16.6 Å². The fraction of sp³-hybridized carbons (Fsp3) is 0.0377. The van der Waals surface area contributed by atoms with Gasteiger partial charge < -0.3 is 0 Å². The Morgan fingerprint density at radius 2 is 0.852 bits per heavy atom. The Labute approximate surface area is 313 Å². The minimum absolute atomic E-state index is 0.398. The van der Waals surface area contributed by atoms with Crippen molar-refractivity contribution in [2.45, 2.75) is 12.3 Å². The number of nitrogens with zero attached hydrogens (tertiary/aromatic N) is 1. The predicted octanol–water partition coefficient (Wildman–Crippen LogP) is 13.7. The van der Waals surface area contributed by atoms with Crippen molar-refractivity contribution in [3.8, 4) is 44.6 Å². The smallest absolute Gasteiger partial charge is 0.0788 e. The number of aromatic nitrogens is 1. The van der Waals surface area contributed by atoms with Crippen molar-refractivity contribution < 1.29 is 0 Å². The summed E-state index contributed by atoms with van der Waals surface area (Å²) >= 11 is 0. The molecule has 0 atom stereocenters. The zero-order valence-corrected chi connectivity index (χ0v) is 29.8. The molecule has 2 aliphatic rings. The highest BCUT2D eigenvalue weighted by Gasteiger charge is 2.51. The third kappa shape index (κ3) is 3.76. The van der Waals surface area contributed by atoms with Crippen LogP contribution >= 0.6 is 0 Å². The van der Waals surface area contributed by atoms with E-state index in [2.05, 4.69) is 189 Å². The molecule has 10 aromatic rings. The van der Waals surface area contributed by atoms with Crippen LogP contribution < -0.4 is 0 Å². The van der Waals surface area contributed by atoms with Crippen LogP contribution in [0.4, 0.5) is 0 Å². The molecule has 1 aromatic heterocycles. The van der Waals surface area contributed by atoms with Crippen molar-refractivity contribution in [3.63, 3.8) is 0 Å². The number of para-hydroxylation sites is 1. The van der Waals surface area contributed by atoms with Gasteiger partial charge >= 0.3 is 0 Å². The van der Waals surface area contributed by atoms with Crippen LogP contribution in [-0.4, -0.2) is 4.98 Å². The van der Waals surface area contributed by atoms with Gasteiger partial charge in [-0.05, 0) is 119 Å². The number of pyridine rings is 1. The second-order valence-electron chi connectivity index (χ2n) is 15.0. The van der Waals surface area contributed by atoms with Gasteiger partial charge in [-0.1, -0.05) is 158 Å². The van der Waals surface area contributed by atoms with Gasteiger partial charge in [0.15, 0.2) is 0 Å². The molecule has 0 bridgehead atoms. The molecule has 0 unspecified atom stereocenters. The molecule has 1 nitrogen and oxygen atoms in total.